The Balaban J connectivity index is 1.69. The van der Waals surface area contributed by atoms with Crippen LogP contribution in [0.25, 0.3) is 11.5 Å². The van der Waals surface area contributed by atoms with Crippen molar-refractivity contribution in [3.05, 3.63) is 58.1 Å². The number of nitrogens with one attached hydrogen (secondary N) is 1. The number of nitrogens with zero attached hydrogens (tertiary/aromatic N) is 3. The maximum absolute atomic E-state index is 12.5. The van der Waals surface area contributed by atoms with Gasteiger partial charge in [-0.2, -0.15) is 0 Å². The minimum atomic E-state index is -0.555. The molecule has 0 aliphatic heterocycles. The fourth-order valence-electron chi connectivity index (χ4n) is 2.51. The number of aromatic nitrogens is 2. The molecule has 150 valence electrons. The SMILES string of the molecule is COc1cc([N+](=O)[O-])ccc1NC(=O)[C@@H](C)Sc1nnc(-c2ccccc2C)o1. The number of nitro groups is 1. The average molecular weight is 414 g/mol. The average Bonchev–Trinajstić information content (AvgIpc) is 3.16. The summed E-state index contributed by atoms with van der Waals surface area (Å²) in [6.45, 7) is 3.63. The molecule has 0 spiro atoms. The highest BCUT2D eigenvalue weighted by Crippen LogP contribution is 2.31. The van der Waals surface area contributed by atoms with Crippen LogP contribution in [0.5, 0.6) is 5.75 Å². The molecule has 1 N–H and O–H groups in total. The van der Waals surface area contributed by atoms with E-state index in [2.05, 4.69) is 15.5 Å². The predicted molar refractivity (Wildman–Crippen MR) is 108 cm³/mol. The van der Waals surface area contributed by atoms with Gasteiger partial charge in [0, 0.05) is 11.6 Å². The number of nitro benzene ring substituents is 1. The summed E-state index contributed by atoms with van der Waals surface area (Å²) >= 11 is 1.11. The minimum absolute atomic E-state index is 0.128. The van der Waals surface area contributed by atoms with E-state index in [1.807, 2.05) is 31.2 Å². The van der Waals surface area contributed by atoms with Gasteiger partial charge in [-0.3, -0.25) is 14.9 Å². The number of ether oxygens (including phenoxy) is 1. The molecule has 3 rings (SSSR count). The van der Waals surface area contributed by atoms with Crippen molar-refractivity contribution >= 4 is 29.0 Å². The molecule has 0 fully saturated rings. The van der Waals surface area contributed by atoms with Crippen LogP contribution in [0.3, 0.4) is 0 Å². The van der Waals surface area contributed by atoms with Crippen LogP contribution in [0, 0.1) is 17.0 Å². The zero-order valence-corrected chi connectivity index (χ0v) is 16.7. The van der Waals surface area contributed by atoms with Gasteiger partial charge in [0.25, 0.3) is 10.9 Å². The second-order valence-corrected chi connectivity index (χ2v) is 7.37. The molecule has 0 bridgehead atoms. The largest absolute Gasteiger partial charge is 0.494 e. The Morgan fingerprint density at radius 2 is 2.03 bits per heavy atom. The van der Waals surface area contributed by atoms with Gasteiger partial charge in [0.15, 0.2) is 0 Å². The van der Waals surface area contributed by atoms with E-state index in [9.17, 15) is 14.9 Å². The van der Waals surface area contributed by atoms with Crippen molar-refractivity contribution in [1.82, 2.24) is 10.2 Å². The van der Waals surface area contributed by atoms with Gasteiger partial charge in [0.2, 0.25) is 11.8 Å². The molecule has 0 aliphatic rings. The van der Waals surface area contributed by atoms with Crippen molar-refractivity contribution in [1.29, 1.82) is 0 Å². The van der Waals surface area contributed by atoms with E-state index in [0.29, 0.717) is 11.6 Å². The molecular weight excluding hydrogens is 396 g/mol. The first-order valence-corrected chi connectivity index (χ1v) is 9.46. The first-order chi connectivity index (χ1) is 13.9. The number of thioether (sulfide) groups is 1. The van der Waals surface area contributed by atoms with E-state index >= 15 is 0 Å². The lowest BCUT2D eigenvalue weighted by Gasteiger charge is -2.12. The highest BCUT2D eigenvalue weighted by molar-refractivity contribution is 8.00. The number of benzene rings is 2. The Morgan fingerprint density at radius 3 is 2.72 bits per heavy atom. The summed E-state index contributed by atoms with van der Waals surface area (Å²) in [5, 5.41) is 21.3. The molecule has 9 nitrogen and oxygen atoms in total. The number of hydrogen-bond acceptors (Lipinski definition) is 8. The molecule has 2 aromatic carbocycles. The van der Waals surface area contributed by atoms with Crippen molar-refractivity contribution < 1.29 is 18.9 Å². The lowest BCUT2D eigenvalue weighted by atomic mass is 10.1. The maximum atomic E-state index is 12.5. The lowest BCUT2D eigenvalue weighted by molar-refractivity contribution is -0.384. The summed E-state index contributed by atoms with van der Waals surface area (Å²) in [7, 11) is 1.37. The van der Waals surface area contributed by atoms with E-state index in [1.54, 1.807) is 6.92 Å². The number of anilines is 1. The summed E-state index contributed by atoms with van der Waals surface area (Å²) in [6, 6.07) is 11.6. The highest BCUT2D eigenvalue weighted by Gasteiger charge is 2.21. The molecule has 1 heterocycles. The number of hydrogen-bond donors (Lipinski definition) is 1. The Hall–Kier alpha value is -3.40. The molecule has 3 aromatic rings. The number of methoxy groups -OCH3 is 1. The third-order valence-corrected chi connectivity index (χ3v) is 5.02. The Labute approximate surface area is 170 Å². The molecule has 0 saturated carbocycles. The predicted octanol–water partition coefficient (Wildman–Crippen LogP) is 4.08. The summed E-state index contributed by atoms with van der Waals surface area (Å²) < 4.78 is 10.8. The van der Waals surface area contributed by atoms with Gasteiger partial charge in [0.05, 0.1) is 29.0 Å². The highest BCUT2D eigenvalue weighted by atomic mass is 32.2. The first-order valence-electron chi connectivity index (χ1n) is 8.58. The van der Waals surface area contributed by atoms with Gasteiger partial charge in [-0.25, -0.2) is 0 Å². The molecule has 10 heteroatoms. The quantitative estimate of drug-likeness (QED) is 0.349. The molecule has 0 unspecified atom stereocenters. The molecule has 0 saturated heterocycles. The molecule has 0 radical (unpaired) electrons. The fraction of sp³-hybridized carbons (Fsp3) is 0.211. The van der Waals surface area contributed by atoms with Gasteiger partial charge in [-0.05, 0) is 31.5 Å². The number of carbonyl (C=O) groups excluding carboxylic acids is 1. The maximum Gasteiger partial charge on any atom is 0.277 e. The van der Waals surface area contributed by atoms with Gasteiger partial charge < -0.3 is 14.5 Å². The van der Waals surface area contributed by atoms with Crippen LogP contribution in [0.15, 0.2) is 52.1 Å². The molecule has 29 heavy (non-hydrogen) atoms. The van der Waals surface area contributed by atoms with Crippen LogP contribution in [0.1, 0.15) is 12.5 Å². The summed E-state index contributed by atoms with van der Waals surface area (Å²) in [4.78, 5) is 22.9. The zero-order chi connectivity index (χ0) is 21.0. The van der Waals surface area contributed by atoms with E-state index in [4.69, 9.17) is 9.15 Å². The molecular formula is C19H18N4O5S. The van der Waals surface area contributed by atoms with Crippen molar-refractivity contribution in [3.63, 3.8) is 0 Å². The summed E-state index contributed by atoms with van der Waals surface area (Å²) in [5.41, 5.74) is 2.04. The van der Waals surface area contributed by atoms with E-state index < -0.39 is 10.2 Å². The van der Waals surface area contributed by atoms with Crippen LogP contribution >= 0.6 is 11.8 Å². The van der Waals surface area contributed by atoms with Crippen molar-refractivity contribution in [2.75, 3.05) is 12.4 Å². The van der Waals surface area contributed by atoms with Gasteiger partial charge in [0.1, 0.15) is 5.75 Å². The fourth-order valence-corrected chi connectivity index (χ4v) is 3.20. The Kier molecular flexibility index (Phi) is 6.13. The second-order valence-electron chi connectivity index (χ2n) is 6.08. The Morgan fingerprint density at radius 1 is 1.28 bits per heavy atom. The number of aryl methyl sites for hydroxylation is 1. The molecule has 1 atom stereocenters. The molecule has 0 aliphatic carbocycles. The smallest absolute Gasteiger partial charge is 0.277 e. The van der Waals surface area contributed by atoms with Crippen molar-refractivity contribution in [3.8, 4) is 17.2 Å². The van der Waals surface area contributed by atoms with E-state index in [1.165, 1.54) is 25.3 Å². The second kappa shape index (κ2) is 8.74. The number of rotatable bonds is 7. The van der Waals surface area contributed by atoms with Crippen molar-refractivity contribution in [2.45, 2.75) is 24.3 Å². The van der Waals surface area contributed by atoms with Crippen molar-refractivity contribution in [2.24, 2.45) is 0 Å². The topological polar surface area (TPSA) is 120 Å². The standard InChI is InChI=1S/C19H18N4O5S/c1-11-6-4-5-7-14(11)18-21-22-19(28-18)29-12(2)17(24)20-15-9-8-13(23(25)26)10-16(15)27-3/h4-10,12H,1-3H3,(H,20,24)/t12-/m1/s1. The normalized spacial score (nSPS) is 11.7. The van der Waals surface area contributed by atoms with E-state index in [0.717, 1.165) is 22.9 Å². The van der Waals surface area contributed by atoms with Gasteiger partial charge >= 0.3 is 0 Å². The lowest BCUT2D eigenvalue weighted by Crippen LogP contribution is -2.22. The van der Waals surface area contributed by atoms with Gasteiger partial charge in [-0.15, -0.1) is 10.2 Å². The van der Waals surface area contributed by atoms with Crippen LogP contribution in [0.2, 0.25) is 0 Å². The zero-order valence-electron chi connectivity index (χ0n) is 15.9. The number of amides is 1. The third-order valence-electron chi connectivity index (χ3n) is 4.08. The van der Waals surface area contributed by atoms with Crippen LogP contribution in [-0.4, -0.2) is 33.4 Å². The van der Waals surface area contributed by atoms with E-state index in [-0.39, 0.29) is 22.6 Å². The summed E-state index contributed by atoms with van der Waals surface area (Å²) in [5.74, 6) is 0.248. The molecule has 1 aromatic heterocycles. The third kappa shape index (κ3) is 4.72. The molecule has 1 amide bonds. The number of carbonyl (C=O) groups is 1. The summed E-state index contributed by atoms with van der Waals surface area (Å²) in [6.07, 6.45) is 0. The van der Waals surface area contributed by atoms with Crippen LogP contribution in [0.4, 0.5) is 11.4 Å². The monoisotopic (exact) mass is 414 g/mol. The van der Waals surface area contributed by atoms with Crippen LogP contribution in [-0.2, 0) is 4.79 Å². The van der Waals surface area contributed by atoms with Crippen LogP contribution < -0.4 is 10.1 Å². The van der Waals surface area contributed by atoms with Gasteiger partial charge in [-0.1, -0.05) is 30.0 Å². The first kappa shape index (κ1) is 20.3. The number of non-ortho nitro benzene ring substituents is 1. The minimum Gasteiger partial charge on any atom is -0.494 e. The Bertz CT molecular complexity index is 1050.